The third-order valence-electron chi connectivity index (χ3n) is 4.34. The summed E-state index contributed by atoms with van der Waals surface area (Å²) in [5.41, 5.74) is 8.40. The number of nitrogens with zero attached hydrogens (tertiary/aromatic N) is 2. The first kappa shape index (κ1) is 14.9. The van der Waals surface area contributed by atoms with E-state index < -0.39 is 6.04 Å². The van der Waals surface area contributed by atoms with E-state index >= 15 is 0 Å². The number of nitrogens with two attached hydrogens (primary N) is 1. The average Bonchev–Trinajstić information content (AvgIpc) is 3.27. The second-order valence-electron chi connectivity index (χ2n) is 6.16. The topological polar surface area (TPSA) is 70.1 Å². The van der Waals surface area contributed by atoms with Crippen molar-refractivity contribution in [1.29, 1.82) is 0 Å². The van der Waals surface area contributed by atoms with Crippen LogP contribution in [0.25, 0.3) is 11.0 Å². The van der Waals surface area contributed by atoms with E-state index in [0.29, 0.717) is 11.6 Å². The highest BCUT2D eigenvalue weighted by molar-refractivity contribution is 5.89. The Morgan fingerprint density at radius 3 is 2.82 bits per heavy atom. The zero-order chi connectivity index (χ0) is 15.9. The number of carbonyl (C=O) groups is 1. The van der Waals surface area contributed by atoms with E-state index in [9.17, 15) is 4.79 Å². The van der Waals surface area contributed by atoms with Gasteiger partial charge in [-0.2, -0.15) is 0 Å². The standard InChI is InChI=1S/C17H23N3O2/c1-4-10(2)22-17(21)11(3)20-14-7-5-6-13(18)15(14)19-16(20)12-8-9-12/h5-7,10-12H,4,8-9,18H2,1-3H3. The van der Waals surface area contributed by atoms with Crippen molar-refractivity contribution in [2.45, 2.75) is 58.1 Å². The van der Waals surface area contributed by atoms with E-state index in [1.54, 1.807) is 0 Å². The Labute approximate surface area is 130 Å². The van der Waals surface area contributed by atoms with Gasteiger partial charge in [0.15, 0.2) is 0 Å². The number of rotatable bonds is 5. The van der Waals surface area contributed by atoms with Crippen LogP contribution in [0.5, 0.6) is 0 Å². The maximum absolute atomic E-state index is 12.4. The summed E-state index contributed by atoms with van der Waals surface area (Å²) in [4.78, 5) is 17.1. The molecule has 2 N–H and O–H groups in total. The van der Waals surface area contributed by atoms with E-state index in [2.05, 4.69) is 0 Å². The first-order valence-corrected chi connectivity index (χ1v) is 7.99. The molecule has 1 aromatic carbocycles. The lowest BCUT2D eigenvalue weighted by Crippen LogP contribution is -2.24. The van der Waals surface area contributed by atoms with Gasteiger partial charge in [0.05, 0.1) is 17.3 Å². The third-order valence-corrected chi connectivity index (χ3v) is 4.34. The Morgan fingerprint density at radius 2 is 2.18 bits per heavy atom. The quantitative estimate of drug-likeness (QED) is 0.678. The number of hydrogen-bond acceptors (Lipinski definition) is 4. The second kappa shape index (κ2) is 5.63. The lowest BCUT2D eigenvalue weighted by molar-refractivity contribution is -0.151. The van der Waals surface area contributed by atoms with E-state index in [0.717, 1.165) is 36.1 Å². The van der Waals surface area contributed by atoms with Gasteiger partial charge < -0.3 is 15.0 Å². The van der Waals surface area contributed by atoms with E-state index in [1.165, 1.54) is 0 Å². The highest BCUT2D eigenvalue weighted by Crippen LogP contribution is 2.42. The Bertz CT molecular complexity index is 703. The molecule has 0 spiro atoms. The number of anilines is 1. The van der Waals surface area contributed by atoms with E-state index in [-0.39, 0.29) is 12.1 Å². The van der Waals surface area contributed by atoms with Gasteiger partial charge in [-0.3, -0.25) is 0 Å². The van der Waals surface area contributed by atoms with Gasteiger partial charge in [-0.1, -0.05) is 13.0 Å². The molecule has 1 aromatic heterocycles. The highest BCUT2D eigenvalue weighted by Gasteiger charge is 2.33. The van der Waals surface area contributed by atoms with Crippen molar-refractivity contribution in [1.82, 2.24) is 9.55 Å². The molecule has 0 amide bonds. The smallest absolute Gasteiger partial charge is 0.329 e. The van der Waals surface area contributed by atoms with Gasteiger partial charge in [0, 0.05) is 5.92 Å². The fourth-order valence-corrected chi connectivity index (χ4v) is 2.68. The number of esters is 1. The number of ether oxygens (including phenoxy) is 1. The van der Waals surface area contributed by atoms with Crippen molar-refractivity contribution in [2.24, 2.45) is 0 Å². The van der Waals surface area contributed by atoms with Crippen LogP contribution < -0.4 is 5.73 Å². The van der Waals surface area contributed by atoms with Crippen molar-refractivity contribution >= 4 is 22.7 Å². The summed E-state index contributed by atoms with van der Waals surface area (Å²) >= 11 is 0. The zero-order valence-electron chi connectivity index (χ0n) is 13.4. The Morgan fingerprint density at radius 1 is 1.45 bits per heavy atom. The minimum Gasteiger partial charge on any atom is -0.461 e. The number of benzene rings is 1. The summed E-state index contributed by atoms with van der Waals surface area (Å²) < 4.78 is 7.51. The number of para-hydroxylation sites is 1. The van der Waals surface area contributed by atoms with Crippen molar-refractivity contribution in [3.05, 3.63) is 24.0 Å². The summed E-state index contributed by atoms with van der Waals surface area (Å²) in [7, 11) is 0. The first-order chi connectivity index (χ1) is 10.5. The van der Waals surface area contributed by atoms with E-state index in [1.807, 2.05) is 43.5 Å². The molecule has 0 bridgehead atoms. The van der Waals surface area contributed by atoms with Gasteiger partial charge in [0.1, 0.15) is 17.4 Å². The predicted octanol–water partition coefficient (Wildman–Crippen LogP) is 3.40. The minimum atomic E-state index is -0.392. The molecule has 22 heavy (non-hydrogen) atoms. The zero-order valence-corrected chi connectivity index (χ0v) is 13.4. The molecule has 1 aliphatic carbocycles. The number of aromatic nitrogens is 2. The number of carbonyl (C=O) groups excluding carboxylic acids is 1. The van der Waals surface area contributed by atoms with Crippen LogP contribution in [0.2, 0.25) is 0 Å². The number of fused-ring (bicyclic) bond motifs is 1. The summed E-state index contributed by atoms with van der Waals surface area (Å²) in [6.45, 7) is 5.79. The van der Waals surface area contributed by atoms with Crippen LogP contribution in [0.15, 0.2) is 18.2 Å². The predicted molar refractivity (Wildman–Crippen MR) is 86.7 cm³/mol. The van der Waals surface area contributed by atoms with Crippen LogP contribution in [0.3, 0.4) is 0 Å². The van der Waals surface area contributed by atoms with Crippen molar-refractivity contribution in [2.75, 3.05) is 5.73 Å². The maximum atomic E-state index is 12.4. The number of imidazole rings is 1. The lowest BCUT2D eigenvalue weighted by Gasteiger charge is -2.19. The number of hydrogen-bond donors (Lipinski definition) is 1. The lowest BCUT2D eigenvalue weighted by atomic mass is 10.2. The molecule has 118 valence electrons. The van der Waals surface area contributed by atoms with E-state index in [4.69, 9.17) is 15.5 Å². The van der Waals surface area contributed by atoms with Crippen LogP contribution in [0.1, 0.15) is 57.8 Å². The average molecular weight is 301 g/mol. The normalized spacial score (nSPS) is 17.4. The molecular weight excluding hydrogens is 278 g/mol. The molecule has 3 rings (SSSR count). The highest BCUT2D eigenvalue weighted by atomic mass is 16.5. The SMILES string of the molecule is CCC(C)OC(=O)C(C)n1c(C2CC2)nc2c(N)cccc21. The maximum Gasteiger partial charge on any atom is 0.329 e. The molecule has 0 radical (unpaired) electrons. The van der Waals surface area contributed by atoms with Crippen LogP contribution >= 0.6 is 0 Å². The van der Waals surface area contributed by atoms with Crippen LogP contribution in [0.4, 0.5) is 5.69 Å². The molecule has 1 aliphatic rings. The molecule has 2 atom stereocenters. The minimum absolute atomic E-state index is 0.0702. The van der Waals surface area contributed by atoms with Crippen molar-refractivity contribution in [3.8, 4) is 0 Å². The summed E-state index contributed by atoms with van der Waals surface area (Å²) in [5, 5.41) is 0. The fraction of sp³-hybridized carbons (Fsp3) is 0.529. The molecule has 1 heterocycles. The Balaban J connectivity index is 2.03. The van der Waals surface area contributed by atoms with Gasteiger partial charge in [-0.05, 0) is 45.2 Å². The van der Waals surface area contributed by atoms with Crippen molar-refractivity contribution in [3.63, 3.8) is 0 Å². The van der Waals surface area contributed by atoms with Crippen LogP contribution in [0, 0.1) is 0 Å². The summed E-state index contributed by atoms with van der Waals surface area (Å²) in [6, 6.07) is 5.33. The molecule has 1 fully saturated rings. The number of nitrogen functional groups attached to an aromatic ring is 1. The molecule has 5 heteroatoms. The van der Waals surface area contributed by atoms with Gasteiger partial charge in [0.25, 0.3) is 0 Å². The van der Waals surface area contributed by atoms with Gasteiger partial charge >= 0.3 is 5.97 Å². The Hall–Kier alpha value is -2.04. The molecule has 0 saturated heterocycles. The summed E-state index contributed by atoms with van der Waals surface area (Å²) in [5.74, 6) is 1.19. The van der Waals surface area contributed by atoms with Gasteiger partial charge in [-0.15, -0.1) is 0 Å². The second-order valence-corrected chi connectivity index (χ2v) is 6.16. The molecule has 2 aromatic rings. The van der Waals surface area contributed by atoms with Crippen LogP contribution in [-0.2, 0) is 9.53 Å². The fourth-order valence-electron chi connectivity index (χ4n) is 2.68. The van der Waals surface area contributed by atoms with Crippen LogP contribution in [-0.4, -0.2) is 21.6 Å². The molecule has 1 saturated carbocycles. The van der Waals surface area contributed by atoms with Gasteiger partial charge in [0.2, 0.25) is 0 Å². The molecule has 0 aliphatic heterocycles. The molecule has 5 nitrogen and oxygen atoms in total. The summed E-state index contributed by atoms with van der Waals surface area (Å²) in [6.07, 6.45) is 2.98. The van der Waals surface area contributed by atoms with Gasteiger partial charge in [-0.25, -0.2) is 9.78 Å². The largest absolute Gasteiger partial charge is 0.461 e. The first-order valence-electron chi connectivity index (χ1n) is 7.99. The Kier molecular flexibility index (Phi) is 3.81. The van der Waals surface area contributed by atoms with Crippen molar-refractivity contribution < 1.29 is 9.53 Å². The monoisotopic (exact) mass is 301 g/mol. The molecular formula is C17H23N3O2. The third kappa shape index (κ3) is 2.56. The molecule has 2 unspecified atom stereocenters.